The zero-order valence-electron chi connectivity index (χ0n) is 9.00. The average Bonchev–Trinajstić information content (AvgIpc) is 2.48. The van der Waals surface area contributed by atoms with Crippen molar-refractivity contribution in [3.05, 3.63) is 17.5 Å². The van der Waals surface area contributed by atoms with Gasteiger partial charge in [-0.1, -0.05) is 32.9 Å². The van der Waals surface area contributed by atoms with Crippen LogP contribution in [-0.2, 0) is 6.42 Å². The van der Waals surface area contributed by atoms with E-state index in [9.17, 15) is 0 Å². The minimum absolute atomic E-state index is 0.445. The predicted octanol–water partition coefficient (Wildman–Crippen LogP) is 3.39. The second-order valence-corrected chi connectivity index (χ2v) is 4.31. The molecular weight excluding hydrogens is 162 g/mol. The van der Waals surface area contributed by atoms with Crippen molar-refractivity contribution in [2.24, 2.45) is 5.92 Å². The fraction of sp³-hybridized carbons (Fsp3) is 0.727. The lowest BCUT2D eigenvalue weighted by Gasteiger charge is -1.99. The van der Waals surface area contributed by atoms with Gasteiger partial charge in [0.1, 0.15) is 5.76 Å². The summed E-state index contributed by atoms with van der Waals surface area (Å²) in [5, 5.41) is 4.03. The summed E-state index contributed by atoms with van der Waals surface area (Å²) >= 11 is 0. The van der Waals surface area contributed by atoms with Gasteiger partial charge in [0.2, 0.25) is 0 Å². The van der Waals surface area contributed by atoms with Gasteiger partial charge in [0.15, 0.2) is 0 Å². The summed E-state index contributed by atoms with van der Waals surface area (Å²) in [4.78, 5) is 0. The van der Waals surface area contributed by atoms with Crippen molar-refractivity contribution in [3.63, 3.8) is 0 Å². The molecule has 0 atom stereocenters. The standard InChI is InChI=1S/C11H19NO/c1-8(2)5-6-10-7-11(9(3)4)13-12-10/h7-9H,5-6H2,1-4H3. The molecule has 13 heavy (non-hydrogen) atoms. The van der Waals surface area contributed by atoms with Crippen molar-refractivity contribution in [1.82, 2.24) is 5.16 Å². The normalized spacial score (nSPS) is 11.5. The molecule has 1 aromatic heterocycles. The highest BCUT2D eigenvalue weighted by molar-refractivity contribution is 5.08. The smallest absolute Gasteiger partial charge is 0.139 e. The second kappa shape index (κ2) is 4.45. The molecule has 0 aliphatic heterocycles. The molecule has 0 radical (unpaired) electrons. The molecule has 0 fully saturated rings. The van der Waals surface area contributed by atoms with E-state index in [1.165, 1.54) is 6.42 Å². The van der Waals surface area contributed by atoms with Gasteiger partial charge in [0.05, 0.1) is 5.69 Å². The third-order valence-electron chi connectivity index (χ3n) is 2.12. The van der Waals surface area contributed by atoms with Crippen molar-refractivity contribution in [2.75, 3.05) is 0 Å². The average molecular weight is 181 g/mol. The first-order valence-electron chi connectivity index (χ1n) is 5.05. The van der Waals surface area contributed by atoms with Crippen LogP contribution in [0.3, 0.4) is 0 Å². The first kappa shape index (κ1) is 10.3. The van der Waals surface area contributed by atoms with Gasteiger partial charge in [-0.25, -0.2) is 0 Å². The summed E-state index contributed by atoms with van der Waals surface area (Å²) < 4.78 is 5.21. The molecule has 0 bridgehead atoms. The molecule has 1 heterocycles. The molecule has 2 heteroatoms. The van der Waals surface area contributed by atoms with Crippen molar-refractivity contribution < 1.29 is 4.52 Å². The van der Waals surface area contributed by atoms with Crippen LogP contribution in [0.4, 0.5) is 0 Å². The lowest BCUT2D eigenvalue weighted by Crippen LogP contribution is -1.91. The summed E-state index contributed by atoms with van der Waals surface area (Å²) in [5.74, 6) is 2.18. The van der Waals surface area contributed by atoms with E-state index in [1.807, 2.05) is 0 Å². The quantitative estimate of drug-likeness (QED) is 0.711. The molecule has 0 spiro atoms. The van der Waals surface area contributed by atoms with Crippen LogP contribution in [0, 0.1) is 5.92 Å². The molecule has 74 valence electrons. The lowest BCUT2D eigenvalue weighted by atomic mass is 10.1. The van der Waals surface area contributed by atoms with E-state index in [4.69, 9.17) is 4.52 Å². The van der Waals surface area contributed by atoms with Crippen LogP contribution >= 0.6 is 0 Å². The Bertz CT molecular complexity index is 250. The summed E-state index contributed by atoms with van der Waals surface area (Å²) in [5.41, 5.74) is 1.09. The summed E-state index contributed by atoms with van der Waals surface area (Å²) in [6.45, 7) is 8.69. The Morgan fingerprint density at radius 1 is 1.31 bits per heavy atom. The van der Waals surface area contributed by atoms with Gasteiger partial charge >= 0.3 is 0 Å². The molecule has 0 saturated carbocycles. The zero-order chi connectivity index (χ0) is 9.84. The Morgan fingerprint density at radius 3 is 2.46 bits per heavy atom. The van der Waals surface area contributed by atoms with E-state index >= 15 is 0 Å². The highest BCUT2D eigenvalue weighted by atomic mass is 16.5. The largest absolute Gasteiger partial charge is 0.361 e. The van der Waals surface area contributed by atoms with Crippen LogP contribution in [0.1, 0.15) is 51.5 Å². The van der Waals surface area contributed by atoms with Gasteiger partial charge in [-0.15, -0.1) is 0 Å². The highest BCUT2D eigenvalue weighted by Crippen LogP contribution is 2.16. The molecule has 0 aliphatic carbocycles. The number of aromatic nitrogens is 1. The van der Waals surface area contributed by atoms with Crippen LogP contribution in [0.2, 0.25) is 0 Å². The highest BCUT2D eigenvalue weighted by Gasteiger charge is 2.07. The Morgan fingerprint density at radius 2 is 2.00 bits per heavy atom. The van der Waals surface area contributed by atoms with Gasteiger partial charge in [-0.05, 0) is 18.8 Å². The molecule has 1 rings (SSSR count). The van der Waals surface area contributed by atoms with Crippen molar-refractivity contribution >= 4 is 0 Å². The van der Waals surface area contributed by atoms with E-state index in [-0.39, 0.29) is 0 Å². The van der Waals surface area contributed by atoms with Gasteiger partial charge in [0, 0.05) is 12.0 Å². The van der Waals surface area contributed by atoms with Crippen LogP contribution in [0.5, 0.6) is 0 Å². The predicted molar refractivity (Wildman–Crippen MR) is 53.8 cm³/mol. The molecule has 0 saturated heterocycles. The number of hydrogen-bond donors (Lipinski definition) is 0. The molecule has 0 aliphatic rings. The first-order valence-corrected chi connectivity index (χ1v) is 5.05. The summed E-state index contributed by atoms with van der Waals surface area (Å²) in [6, 6.07) is 2.08. The summed E-state index contributed by atoms with van der Waals surface area (Å²) in [6.07, 6.45) is 2.22. The molecule has 2 nitrogen and oxygen atoms in total. The minimum Gasteiger partial charge on any atom is -0.361 e. The Labute approximate surface area is 80.3 Å². The molecule has 0 aromatic carbocycles. The van der Waals surface area contributed by atoms with E-state index < -0.39 is 0 Å². The van der Waals surface area contributed by atoms with Crippen molar-refractivity contribution in [1.29, 1.82) is 0 Å². The van der Waals surface area contributed by atoms with Crippen LogP contribution in [-0.4, -0.2) is 5.16 Å². The third-order valence-corrected chi connectivity index (χ3v) is 2.12. The molecule has 0 unspecified atom stereocenters. The van der Waals surface area contributed by atoms with Crippen LogP contribution in [0.15, 0.2) is 10.6 Å². The molecule has 1 aromatic rings. The van der Waals surface area contributed by atoms with Gasteiger partial charge < -0.3 is 4.52 Å². The van der Waals surface area contributed by atoms with Gasteiger partial charge in [0.25, 0.3) is 0 Å². The van der Waals surface area contributed by atoms with E-state index in [0.717, 1.165) is 23.8 Å². The van der Waals surface area contributed by atoms with Crippen LogP contribution in [0.25, 0.3) is 0 Å². The zero-order valence-corrected chi connectivity index (χ0v) is 9.00. The van der Waals surface area contributed by atoms with E-state index in [2.05, 4.69) is 38.9 Å². The molecule has 0 amide bonds. The fourth-order valence-electron chi connectivity index (χ4n) is 1.15. The molecular formula is C11H19NO. The Balaban J connectivity index is 2.49. The fourth-order valence-corrected chi connectivity index (χ4v) is 1.15. The minimum atomic E-state index is 0.445. The SMILES string of the molecule is CC(C)CCc1cc(C(C)C)on1. The van der Waals surface area contributed by atoms with Gasteiger partial charge in [-0.3, -0.25) is 0 Å². The third kappa shape index (κ3) is 3.21. The first-order chi connectivity index (χ1) is 6.09. The topological polar surface area (TPSA) is 26.0 Å². The van der Waals surface area contributed by atoms with E-state index in [1.54, 1.807) is 0 Å². The van der Waals surface area contributed by atoms with Crippen molar-refractivity contribution in [2.45, 2.75) is 46.5 Å². The monoisotopic (exact) mass is 181 g/mol. The van der Waals surface area contributed by atoms with E-state index in [0.29, 0.717) is 5.92 Å². The maximum Gasteiger partial charge on any atom is 0.139 e. The number of hydrogen-bond acceptors (Lipinski definition) is 2. The maximum atomic E-state index is 5.21. The second-order valence-electron chi connectivity index (χ2n) is 4.31. The number of rotatable bonds is 4. The number of nitrogens with zero attached hydrogens (tertiary/aromatic N) is 1. The maximum absolute atomic E-state index is 5.21. The Hall–Kier alpha value is -0.790. The summed E-state index contributed by atoms with van der Waals surface area (Å²) in [7, 11) is 0. The molecule has 0 N–H and O–H groups in total. The van der Waals surface area contributed by atoms with Gasteiger partial charge in [-0.2, -0.15) is 0 Å². The Kier molecular flexibility index (Phi) is 3.52. The number of aryl methyl sites for hydroxylation is 1. The van der Waals surface area contributed by atoms with Crippen molar-refractivity contribution in [3.8, 4) is 0 Å². The van der Waals surface area contributed by atoms with Crippen LogP contribution < -0.4 is 0 Å². The lowest BCUT2D eigenvalue weighted by molar-refractivity contribution is 0.364.